The molecule has 0 spiro atoms. The van der Waals surface area contributed by atoms with Crippen molar-refractivity contribution in [2.24, 2.45) is 0 Å². The topological polar surface area (TPSA) is 51.0 Å². The van der Waals surface area contributed by atoms with Crippen molar-refractivity contribution >= 4 is 11.0 Å². The van der Waals surface area contributed by atoms with Gasteiger partial charge in [-0.15, -0.1) is 0 Å². The van der Waals surface area contributed by atoms with Gasteiger partial charge in [0, 0.05) is 11.6 Å². The number of aromatic nitrogens is 2. The summed E-state index contributed by atoms with van der Waals surface area (Å²) in [5, 5.41) is 3.85. The van der Waals surface area contributed by atoms with Crippen LogP contribution in [0.25, 0.3) is 11.0 Å². The first-order valence-electron chi connectivity index (χ1n) is 5.90. The van der Waals surface area contributed by atoms with E-state index in [1.807, 2.05) is 12.1 Å². The molecule has 0 aliphatic carbocycles. The maximum absolute atomic E-state index is 13.6. The molecule has 1 atom stereocenters. The van der Waals surface area contributed by atoms with Crippen molar-refractivity contribution in [3.63, 3.8) is 0 Å². The maximum atomic E-state index is 13.6. The molecule has 96 valence electrons. The summed E-state index contributed by atoms with van der Waals surface area (Å²) in [5.41, 5.74) is 1.05. The molecule has 0 radical (unpaired) electrons. The molecule has 1 aromatic carbocycles. The lowest BCUT2D eigenvalue weighted by molar-refractivity contribution is 0.471. The molecule has 19 heavy (non-hydrogen) atoms. The predicted molar refractivity (Wildman–Crippen MR) is 69.1 cm³/mol. The van der Waals surface area contributed by atoms with Crippen LogP contribution in [0.4, 0.5) is 4.39 Å². The quantitative estimate of drug-likeness (QED) is 0.783. The highest BCUT2D eigenvalue weighted by Crippen LogP contribution is 2.28. The third-order valence-corrected chi connectivity index (χ3v) is 2.99. The van der Waals surface area contributed by atoms with Crippen LogP contribution in [0, 0.1) is 5.82 Å². The number of hydrogen-bond donors (Lipinski definition) is 1. The Hall–Kier alpha value is -2.27. The van der Waals surface area contributed by atoms with E-state index in [1.54, 1.807) is 25.4 Å². The summed E-state index contributed by atoms with van der Waals surface area (Å²) in [5.74, 6) is 0.266. The van der Waals surface area contributed by atoms with Crippen molar-refractivity contribution in [3.8, 4) is 0 Å². The van der Waals surface area contributed by atoms with Crippen molar-refractivity contribution in [1.29, 1.82) is 0 Å². The molecular weight excluding hydrogens is 245 g/mol. The molecule has 1 unspecified atom stereocenters. The van der Waals surface area contributed by atoms with Gasteiger partial charge in [0.05, 0.1) is 5.69 Å². The second kappa shape index (κ2) is 4.78. The molecule has 5 heteroatoms. The van der Waals surface area contributed by atoms with Gasteiger partial charge in [-0.05, 0) is 25.2 Å². The second-order valence-corrected chi connectivity index (χ2v) is 4.16. The highest BCUT2D eigenvalue weighted by atomic mass is 19.1. The van der Waals surface area contributed by atoms with E-state index in [0.717, 1.165) is 11.1 Å². The van der Waals surface area contributed by atoms with E-state index in [0.29, 0.717) is 5.76 Å². The van der Waals surface area contributed by atoms with Gasteiger partial charge in [-0.25, -0.2) is 14.4 Å². The third-order valence-electron chi connectivity index (χ3n) is 2.99. The average molecular weight is 257 g/mol. The molecule has 2 heterocycles. The van der Waals surface area contributed by atoms with Crippen molar-refractivity contribution in [2.45, 2.75) is 6.04 Å². The Morgan fingerprint density at radius 2 is 2.21 bits per heavy atom. The number of rotatable bonds is 3. The zero-order valence-electron chi connectivity index (χ0n) is 10.3. The van der Waals surface area contributed by atoms with Crippen molar-refractivity contribution < 1.29 is 8.81 Å². The number of halogens is 1. The van der Waals surface area contributed by atoms with Gasteiger partial charge < -0.3 is 9.73 Å². The molecule has 0 aliphatic rings. The SMILES string of the molecule is CNC(c1ccncn1)c1cc2cccc(F)c2o1. The molecule has 3 rings (SSSR count). The minimum absolute atomic E-state index is 0.227. The Morgan fingerprint density at radius 1 is 1.32 bits per heavy atom. The van der Waals surface area contributed by atoms with Crippen LogP contribution in [0.2, 0.25) is 0 Å². The fourth-order valence-electron chi connectivity index (χ4n) is 2.10. The zero-order chi connectivity index (χ0) is 13.2. The summed E-state index contributed by atoms with van der Waals surface area (Å²) in [6.07, 6.45) is 3.14. The normalized spacial score (nSPS) is 12.7. The highest BCUT2D eigenvalue weighted by Gasteiger charge is 2.18. The van der Waals surface area contributed by atoms with Crippen LogP contribution in [-0.4, -0.2) is 17.0 Å². The first-order chi connectivity index (χ1) is 9.29. The number of hydrogen-bond acceptors (Lipinski definition) is 4. The van der Waals surface area contributed by atoms with Gasteiger partial charge in [-0.1, -0.05) is 12.1 Å². The lowest BCUT2D eigenvalue weighted by Gasteiger charge is -2.11. The molecule has 1 N–H and O–H groups in total. The lowest BCUT2D eigenvalue weighted by atomic mass is 10.1. The van der Waals surface area contributed by atoms with E-state index in [-0.39, 0.29) is 17.4 Å². The van der Waals surface area contributed by atoms with Crippen LogP contribution in [0.5, 0.6) is 0 Å². The van der Waals surface area contributed by atoms with E-state index in [4.69, 9.17) is 4.42 Å². The van der Waals surface area contributed by atoms with E-state index in [1.165, 1.54) is 12.4 Å². The van der Waals surface area contributed by atoms with Gasteiger partial charge in [-0.3, -0.25) is 0 Å². The minimum Gasteiger partial charge on any atom is -0.456 e. The van der Waals surface area contributed by atoms with Crippen LogP contribution in [-0.2, 0) is 0 Å². The number of fused-ring (bicyclic) bond motifs is 1. The Morgan fingerprint density at radius 3 is 2.89 bits per heavy atom. The smallest absolute Gasteiger partial charge is 0.169 e. The minimum atomic E-state index is -0.360. The van der Waals surface area contributed by atoms with E-state index >= 15 is 0 Å². The second-order valence-electron chi connectivity index (χ2n) is 4.16. The van der Waals surface area contributed by atoms with Gasteiger partial charge in [0.1, 0.15) is 18.1 Å². The van der Waals surface area contributed by atoms with Gasteiger partial charge in [0.25, 0.3) is 0 Å². The summed E-state index contributed by atoms with van der Waals surface area (Å²) < 4.78 is 19.2. The van der Waals surface area contributed by atoms with Crippen molar-refractivity contribution in [1.82, 2.24) is 15.3 Å². The predicted octanol–water partition coefficient (Wildman–Crippen LogP) is 2.67. The molecule has 0 amide bonds. The fourth-order valence-corrected chi connectivity index (χ4v) is 2.10. The molecular formula is C14H12FN3O. The van der Waals surface area contributed by atoms with E-state index in [9.17, 15) is 4.39 Å². The van der Waals surface area contributed by atoms with E-state index in [2.05, 4.69) is 15.3 Å². The standard InChI is InChI=1S/C14H12FN3O/c1-16-13(11-5-6-17-8-18-11)12-7-9-3-2-4-10(15)14(9)19-12/h2-8,13,16H,1H3. The first-order valence-corrected chi connectivity index (χ1v) is 5.90. The first kappa shape index (κ1) is 11.8. The summed E-state index contributed by atoms with van der Waals surface area (Å²) in [7, 11) is 1.80. The zero-order valence-corrected chi connectivity index (χ0v) is 10.3. The maximum Gasteiger partial charge on any atom is 0.169 e. The number of para-hydroxylation sites is 1. The molecule has 0 bridgehead atoms. The Labute approximate surface area is 109 Å². The number of benzene rings is 1. The largest absolute Gasteiger partial charge is 0.456 e. The molecule has 0 saturated carbocycles. The van der Waals surface area contributed by atoms with Crippen LogP contribution in [0.1, 0.15) is 17.5 Å². The third kappa shape index (κ3) is 2.08. The van der Waals surface area contributed by atoms with Crippen LogP contribution < -0.4 is 5.32 Å². The van der Waals surface area contributed by atoms with E-state index < -0.39 is 0 Å². The van der Waals surface area contributed by atoms with Crippen molar-refractivity contribution in [2.75, 3.05) is 7.05 Å². The summed E-state index contributed by atoms with van der Waals surface area (Å²) in [6.45, 7) is 0. The number of furan rings is 1. The summed E-state index contributed by atoms with van der Waals surface area (Å²) >= 11 is 0. The van der Waals surface area contributed by atoms with Crippen LogP contribution in [0.3, 0.4) is 0 Å². The Balaban J connectivity index is 2.09. The summed E-state index contributed by atoms with van der Waals surface area (Å²) in [4.78, 5) is 8.07. The monoisotopic (exact) mass is 257 g/mol. The molecule has 0 aliphatic heterocycles. The Bertz CT molecular complexity index is 696. The van der Waals surface area contributed by atoms with Crippen LogP contribution >= 0.6 is 0 Å². The fraction of sp³-hybridized carbons (Fsp3) is 0.143. The van der Waals surface area contributed by atoms with Gasteiger partial charge in [0.2, 0.25) is 0 Å². The van der Waals surface area contributed by atoms with Crippen molar-refractivity contribution in [3.05, 3.63) is 60.1 Å². The van der Waals surface area contributed by atoms with Gasteiger partial charge in [0.15, 0.2) is 11.4 Å². The molecule has 0 saturated heterocycles. The molecule has 4 nitrogen and oxygen atoms in total. The lowest BCUT2D eigenvalue weighted by Crippen LogP contribution is -2.18. The average Bonchev–Trinajstić information content (AvgIpc) is 2.86. The molecule has 2 aromatic heterocycles. The van der Waals surface area contributed by atoms with Gasteiger partial charge in [-0.2, -0.15) is 0 Å². The Kier molecular flexibility index (Phi) is 2.97. The summed E-state index contributed by atoms with van der Waals surface area (Å²) in [6, 6.07) is 8.25. The highest BCUT2D eigenvalue weighted by molar-refractivity contribution is 5.78. The molecule has 3 aromatic rings. The number of nitrogens with zero attached hydrogens (tertiary/aromatic N) is 2. The number of nitrogens with one attached hydrogen (secondary N) is 1. The molecule has 0 fully saturated rings. The van der Waals surface area contributed by atoms with Gasteiger partial charge >= 0.3 is 0 Å². The van der Waals surface area contributed by atoms with Crippen LogP contribution in [0.15, 0.2) is 47.3 Å².